The molecule has 2 bridgehead atoms. The number of carbonyl (C=O) groups is 1. The van der Waals surface area contributed by atoms with Crippen LogP contribution in [0.15, 0.2) is 29.6 Å². The van der Waals surface area contributed by atoms with Crippen LogP contribution in [-0.2, 0) is 9.53 Å². The minimum absolute atomic E-state index is 0.0977. The molecule has 27 heavy (non-hydrogen) atoms. The number of benzene rings is 1. The van der Waals surface area contributed by atoms with Gasteiger partial charge in [-0.05, 0) is 31.2 Å². The topological polar surface area (TPSA) is 54.5 Å². The van der Waals surface area contributed by atoms with Crippen LogP contribution in [0.4, 0.5) is 5.13 Å². The van der Waals surface area contributed by atoms with Crippen LogP contribution in [0.5, 0.6) is 0 Å². The standard InChI is InChI=1S/C20H22ClN3O2S/c21-16-4-2-1-3-14(16)17-12-27-19(22-17)23-18(25)15-11-20(9-13(15)10-20)24-5-7-26-8-6-24/h1-4,12-13,15H,5-11H2,(H,22,23,25). The molecule has 3 saturated carbocycles. The van der Waals surface area contributed by atoms with Crippen LogP contribution in [0, 0.1) is 11.8 Å². The van der Waals surface area contributed by atoms with Gasteiger partial charge in [-0.15, -0.1) is 11.3 Å². The van der Waals surface area contributed by atoms with E-state index in [2.05, 4.69) is 15.2 Å². The number of amides is 1. The first-order valence-electron chi connectivity index (χ1n) is 9.49. The summed E-state index contributed by atoms with van der Waals surface area (Å²) in [5.41, 5.74) is 1.94. The number of hydrogen-bond acceptors (Lipinski definition) is 5. The average Bonchev–Trinajstić information content (AvgIpc) is 3.36. The molecule has 5 nitrogen and oxygen atoms in total. The van der Waals surface area contributed by atoms with Gasteiger partial charge in [0.25, 0.3) is 0 Å². The van der Waals surface area contributed by atoms with E-state index >= 15 is 0 Å². The molecular weight excluding hydrogens is 382 g/mol. The van der Waals surface area contributed by atoms with E-state index in [1.807, 2.05) is 29.6 Å². The summed E-state index contributed by atoms with van der Waals surface area (Å²) < 4.78 is 5.48. The molecule has 0 radical (unpaired) electrons. The number of nitrogens with zero attached hydrogens (tertiary/aromatic N) is 2. The van der Waals surface area contributed by atoms with E-state index in [4.69, 9.17) is 16.3 Å². The number of halogens is 1. The smallest absolute Gasteiger partial charge is 0.229 e. The second kappa shape index (κ2) is 6.85. The molecule has 3 aliphatic carbocycles. The lowest BCUT2D eigenvalue weighted by atomic mass is 9.74. The van der Waals surface area contributed by atoms with E-state index in [0.29, 0.717) is 16.1 Å². The summed E-state index contributed by atoms with van der Waals surface area (Å²) in [6.45, 7) is 3.61. The maximum absolute atomic E-state index is 12.9. The molecule has 1 unspecified atom stereocenters. The van der Waals surface area contributed by atoms with E-state index in [1.165, 1.54) is 11.3 Å². The van der Waals surface area contributed by atoms with E-state index in [-0.39, 0.29) is 17.4 Å². The third-order valence-electron chi connectivity index (χ3n) is 6.36. The summed E-state index contributed by atoms with van der Waals surface area (Å²) in [7, 11) is 0. The lowest BCUT2D eigenvalue weighted by Gasteiger charge is -2.49. The van der Waals surface area contributed by atoms with Crippen molar-refractivity contribution in [1.29, 1.82) is 0 Å². The number of fused-ring (bicyclic) bond motifs is 1. The zero-order chi connectivity index (χ0) is 18.4. The first-order valence-corrected chi connectivity index (χ1v) is 10.7. The molecule has 2 aromatic rings. The Kier molecular flexibility index (Phi) is 4.47. The largest absolute Gasteiger partial charge is 0.379 e. The number of morpholine rings is 1. The van der Waals surface area contributed by atoms with Gasteiger partial charge in [-0.3, -0.25) is 9.69 Å². The highest BCUT2D eigenvalue weighted by molar-refractivity contribution is 7.14. The molecule has 1 aliphatic heterocycles. The van der Waals surface area contributed by atoms with Crippen LogP contribution in [0.25, 0.3) is 11.3 Å². The number of thiazole rings is 1. The van der Waals surface area contributed by atoms with Crippen LogP contribution < -0.4 is 5.32 Å². The van der Waals surface area contributed by atoms with Gasteiger partial charge in [0.1, 0.15) is 0 Å². The van der Waals surface area contributed by atoms with Crippen LogP contribution in [0.2, 0.25) is 5.02 Å². The summed E-state index contributed by atoms with van der Waals surface area (Å²) in [6.07, 6.45) is 3.26. The summed E-state index contributed by atoms with van der Waals surface area (Å²) >= 11 is 7.71. The van der Waals surface area contributed by atoms with Gasteiger partial charge in [-0.25, -0.2) is 4.98 Å². The highest BCUT2D eigenvalue weighted by atomic mass is 35.5. The Labute approximate surface area is 167 Å². The monoisotopic (exact) mass is 403 g/mol. The normalized spacial score (nSPS) is 30.1. The van der Waals surface area contributed by atoms with Crippen molar-refractivity contribution in [2.75, 3.05) is 31.6 Å². The van der Waals surface area contributed by atoms with E-state index in [1.54, 1.807) is 0 Å². The predicted molar refractivity (Wildman–Crippen MR) is 107 cm³/mol. The van der Waals surface area contributed by atoms with Crippen molar-refractivity contribution in [3.63, 3.8) is 0 Å². The minimum atomic E-state index is 0.0977. The second-order valence-corrected chi connectivity index (χ2v) is 9.08. The van der Waals surface area contributed by atoms with Crippen molar-refractivity contribution >= 4 is 34.0 Å². The van der Waals surface area contributed by atoms with Crippen molar-refractivity contribution in [3.05, 3.63) is 34.7 Å². The third kappa shape index (κ3) is 3.09. The van der Waals surface area contributed by atoms with Gasteiger partial charge in [-0.1, -0.05) is 29.8 Å². The molecule has 1 saturated heterocycles. The molecule has 7 heteroatoms. The van der Waals surface area contributed by atoms with Crippen LogP contribution in [0.1, 0.15) is 19.3 Å². The van der Waals surface area contributed by atoms with Gasteiger partial charge in [0.15, 0.2) is 5.13 Å². The van der Waals surface area contributed by atoms with Gasteiger partial charge in [0.2, 0.25) is 5.91 Å². The van der Waals surface area contributed by atoms with Gasteiger partial charge >= 0.3 is 0 Å². The highest BCUT2D eigenvalue weighted by Crippen LogP contribution is 2.59. The number of nitrogens with one attached hydrogen (secondary N) is 1. The Bertz CT molecular complexity index is 858. The first kappa shape index (κ1) is 17.6. The Morgan fingerprint density at radius 3 is 2.81 bits per heavy atom. The molecule has 6 rings (SSSR count). The molecule has 1 amide bonds. The fourth-order valence-electron chi connectivity index (χ4n) is 5.00. The number of aromatic nitrogens is 1. The Morgan fingerprint density at radius 2 is 2.04 bits per heavy atom. The van der Waals surface area contributed by atoms with E-state index < -0.39 is 0 Å². The number of rotatable bonds is 4. The van der Waals surface area contributed by atoms with Crippen molar-refractivity contribution in [1.82, 2.24) is 9.88 Å². The number of ether oxygens (including phenoxy) is 1. The van der Waals surface area contributed by atoms with Crippen molar-refractivity contribution in [2.45, 2.75) is 24.8 Å². The molecule has 142 valence electrons. The summed E-state index contributed by atoms with van der Waals surface area (Å²) in [6, 6.07) is 7.64. The maximum atomic E-state index is 12.9. The summed E-state index contributed by atoms with van der Waals surface area (Å²) in [4.78, 5) is 20.0. The SMILES string of the molecule is O=C(Nc1nc(-c2ccccc2Cl)cs1)C1CC2(N3CCOCC3)CC1C2. The fourth-order valence-corrected chi connectivity index (χ4v) is 5.94. The van der Waals surface area contributed by atoms with Crippen LogP contribution in [-0.4, -0.2) is 47.6 Å². The lowest BCUT2D eigenvalue weighted by Crippen LogP contribution is -2.56. The number of anilines is 1. The quantitative estimate of drug-likeness (QED) is 0.841. The van der Waals surface area contributed by atoms with Crippen molar-refractivity contribution < 1.29 is 9.53 Å². The predicted octanol–water partition coefficient (Wildman–Crippen LogP) is 3.90. The molecule has 1 atom stereocenters. The Balaban J connectivity index is 1.25. The van der Waals surface area contributed by atoms with Crippen molar-refractivity contribution in [3.8, 4) is 11.3 Å². The molecule has 2 heterocycles. The fraction of sp³-hybridized carbons (Fsp3) is 0.500. The maximum Gasteiger partial charge on any atom is 0.229 e. The average molecular weight is 404 g/mol. The zero-order valence-electron chi connectivity index (χ0n) is 15.0. The molecule has 1 aromatic carbocycles. The van der Waals surface area contributed by atoms with E-state index in [0.717, 1.165) is 56.8 Å². The van der Waals surface area contributed by atoms with Gasteiger partial charge in [0.05, 0.1) is 18.9 Å². The molecule has 0 spiro atoms. The Hall–Kier alpha value is -1.47. The van der Waals surface area contributed by atoms with Crippen LogP contribution in [0.3, 0.4) is 0 Å². The second-order valence-electron chi connectivity index (χ2n) is 7.81. The third-order valence-corrected chi connectivity index (χ3v) is 7.44. The molecule has 1 N–H and O–H groups in total. The Morgan fingerprint density at radius 1 is 1.26 bits per heavy atom. The minimum Gasteiger partial charge on any atom is -0.379 e. The van der Waals surface area contributed by atoms with Crippen LogP contribution >= 0.6 is 22.9 Å². The number of hydrogen-bond donors (Lipinski definition) is 1. The van der Waals surface area contributed by atoms with Gasteiger partial charge in [-0.2, -0.15) is 0 Å². The first-order chi connectivity index (χ1) is 13.1. The van der Waals surface area contributed by atoms with Gasteiger partial charge < -0.3 is 10.1 Å². The highest BCUT2D eigenvalue weighted by Gasteiger charge is 2.60. The lowest BCUT2D eigenvalue weighted by molar-refractivity contribution is -0.120. The summed E-state index contributed by atoms with van der Waals surface area (Å²) in [5.74, 6) is 0.726. The number of carbonyl (C=O) groups excluding carboxylic acids is 1. The molecule has 4 fully saturated rings. The van der Waals surface area contributed by atoms with Gasteiger partial charge in [0, 0.05) is 40.5 Å². The molecule has 4 aliphatic rings. The molecular formula is C20H22ClN3O2S. The van der Waals surface area contributed by atoms with E-state index in [9.17, 15) is 4.79 Å². The molecule has 1 aromatic heterocycles. The zero-order valence-corrected chi connectivity index (χ0v) is 16.6. The summed E-state index contributed by atoms with van der Waals surface area (Å²) in [5, 5.41) is 6.32. The van der Waals surface area contributed by atoms with Crippen molar-refractivity contribution in [2.24, 2.45) is 11.8 Å².